The number of nitrogens with one attached hydrogen (secondary N) is 1. The molecule has 2 amide bonds. The number of benzene rings is 1. The molecule has 2 aromatic heterocycles. The average Bonchev–Trinajstić information content (AvgIpc) is 3.09. The molecule has 152 valence electrons. The number of primary amides is 1. The summed E-state index contributed by atoms with van der Waals surface area (Å²) in [7, 11) is 4.41. The molecule has 0 aliphatic carbocycles. The summed E-state index contributed by atoms with van der Waals surface area (Å²) in [5.74, 6) is -1.24. The van der Waals surface area contributed by atoms with E-state index in [1.807, 2.05) is 0 Å². The number of carbonyl (C=O) groups excluding carboxylic acids is 2. The lowest BCUT2D eigenvalue weighted by molar-refractivity contribution is 0.100. The maximum atomic E-state index is 13.0. The van der Waals surface area contributed by atoms with Crippen LogP contribution in [0.5, 0.6) is 0 Å². The molecule has 1 aromatic carbocycles. The molecule has 2 heterocycles. The summed E-state index contributed by atoms with van der Waals surface area (Å²) in [6, 6.07) is 7.76. The third-order valence-electron chi connectivity index (χ3n) is 4.69. The standard InChI is InChI=1S/C19H21N5O5/c1-22-17-12(18(27)23(2)19(22)28)10-14(24(17)8-9-29-3)16(26)21-13-7-5-4-6-11(13)15(20)25/h4-7,10H,8-9H2,1-3H3,(H2,20,25)(H,21,26). The lowest BCUT2D eigenvalue weighted by Gasteiger charge is -2.13. The van der Waals surface area contributed by atoms with Gasteiger partial charge in [0.05, 0.1) is 23.2 Å². The van der Waals surface area contributed by atoms with Gasteiger partial charge >= 0.3 is 5.69 Å². The van der Waals surface area contributed by atoms with Crippen LogP contribution in [0, 0.1) is 0 Å². The topological polar surface area (TPSA) is 130 Å². The van der Waals surface area contributed by atoms with E-state index in [9.17, 15) is 19.2 Å². The Morgan fingerprint density at radius 3 is 2.48 bits per heavy atom. The third-order valence-corrected chi connectivity index (χ3v) is 4.69. The van der Waals surface area contributed by atoms with Crippen molar-refractivity contribution in [1.29, 1.82) is 0 Å². The van der Waals surface area contributed by atoms with Crippen molar-refractivity contribution in [1.82, 2.24) is 13.7 Å². The number of nitrogens with two attached hydrogens (primary N) is 1. The van der Waals surface area contributed by atoms with Gasteiger partial charge in [-0.3, -0.25) is 23.5 Å². The second kappa shape index (κ2) is 7.76. The van der Waals surface area contributed by atoms with Crippen molar-refractivity contribution in [2.75, 3.05) is 19.0 Å². The highest BCUT2D eigenvalue weighted by Gasteiger charge is 2.22. The third kappa shape index (κ3) is 3.45. The van der Waals surface area contributed by atoms with Crippen LogP contribution in [0.1, 0.15) is 20.8 Å². The van der Waals surface area contributed by atoms with Crippen molar-refractivity contribution in [2.45, 2.75) is 6.54 Å². The highest BCUT2D eigenvalue weighted by Crippen LogP contribution is 2.19. The highest BCUT2D eigenvalue weighted by atomic mass is 16.5. The SMILES string of the molecule is COCCn1c(C(=O)Nc2ccccc2C(N)=O)cc2c(=O)n(C)c(=O)n(C)c21. The van der Waals surface area contributed by atoms with E-state index >= 15 is 0 Å². The Morgan fingerprint density at radius 2 is 1.83 bits per heavy atom. The molecule has 0 aliphatic heterocycles. The Kier molecular flexibility index (Phi) is 5.37. The van der Waals surface area contributed by atoms with Crippen LogP contribution in [0.3, 0.4) is 0 Å². The number of nitrogens with zero attached hydrogens (tertiary/aromatic N) is 3. The normalized spacial score (nSPS) is 11.0. The summed E-state index contributed by atoms with van der Waals surface area (Å²) in [4.78, 5) is 49.6. The van der Waals surface area contributed by atoms with E-state index in [4.69, 9.17) is 10.5 Å². The first kappa shape index (κ1) is 20.1. The minimum Gasteiger partial charge on any atom is -0.383 e. The minimum absolute atomic E-state index is 0.148. The number of methoxy groups -OCH3 is 1. The van der Waals surface area contributed by atoms with E-state index in [1.165, 1.54) is 37.9 Å². The highest BCUT2D eigenvalue weighted by molar-refractivity contribution is 6.09. The van der Waals surface area contributed by atoms with Gasteiger partial charge in [-0.15, -0.1) is 0 Å². The lowest BCUT2D eigenvalue weighted by Crippen LogP contribution is -2.37. The van der Waals surface area contributed by atoms with Crippen LogP contribution in [0.4, 0.5) is 5.69 Å². The number of amides is 2. The van der Waals surface area contributed by atoms with Crippen LogP contribution < -0.4 is 22.3 Å². The Balaban J connectivity index is 2.19. The molecule has 0 unspecified atom stereocenters. The summed E-state index contributed by atoms with van der Waals surface area (Å²) in [6.07, 6.45) is 0. The van der Waals surface area contributed by atoms with Crippen LogP contribution in [0.2, 0.25) is 0 Å². The summed E-state index contributed by atoms with van der Waals surface area (Å²) in [5, 5.41) is 2.88. The molecule has 10 nitrogen and oxygen atoms in total. The minimum atomic E-state index is -0.683. The molecule has 0 bridgehead atoms. The predicted molar refractivity (Wildman–Crippen MR) is 107 cm³/mol. The number of hydrogen-bond acceptors (Lipinski definition) is 5. The Hall–Kier alpha value is -3.66. The zero-order chi connectivity index (χ0) is 21.3. The van der Waals surface area contributed by atoms with E-state index in [1.54, 1.807) is 22.8 Å². The number of carbonyl (C=O) groups is 2. The quantitative estimate of drug-likeness (QED) is 0.604. The molecule has 3 rings (SSSR count). The Morgan fingerprint density at radius 1 is 1.14 bits per heavy atom. The van der Waals surface area contributed by atoms with Crippen molar-refractivity contribution >= 4 is 28.5 Å². The number of hydrogen-bond donors (Lipinski definition) is 2. The predicted octanol–water partition coefficient (Wildman–Crippen LogP) is 0.0363. The molecule has 3 aromatic rings. The van der Waals surface area contributed by atoms with E-state index in [-0.39, 0.29) is 35.5 Å². The first-order valence-electron chi connectivity index (χ1n) is 8.76. The van der Waals surface area contributed by atoms with Gasteiger partial charge in [0, 0.05) is 27.7 Å². The van der Waals surface area contributed by atoms with Crippen LogP contribution in [0.25, 0.3) is 11.0 Å². The monoisotopic (exact) mass is 399 g/mol. The van der Waals surface area contributed by atoms with Crippen LogP contribution in [-0.2, 0) is 25.4 Å². The fourth-order valence-corrected chi connectivity index (χ4v) is 3.23. The van der Waals surface area contributed by atoms with Crippen molar-refractivity contribution in [3.8, 4) is 0 Å². The van der Waals surface area contributed by atoms with Crippen molar-refractivity contribution in [2.24, 2.45) is 19.8 Å². The molecule has 3 N–H and O–H groups in total. The summed E-state index contributed by atoms with van der Waals surface area (Å²) in [5.41, 5.74) is 5.21. The zero-order valence-corrected chi connectivity index (χ0v) is 16.3. The number of anilines is 1. The second-order valence-corrected chi connectivity index (χ2v) is 6.48. The van der Waals surface area contributed by atoms with Gasteiger partial charge in [-0.25, -0.2) is 4.79 Å². The molecular weight excluding hydrogens is 378 g/mol. The Labute approximate surface area is 165 Å². The maximum absolute atomic E-state index is 13.0. The van der Waals surface area contributed by atoms with Crippen LogP contribution in [-0.4, -0.2) is 39.2 Å². The average molecular weight is 399 g/mol. The van der Waals surface area contributed by atoms with Gasteiger partial charge < -0.3 is 20.4 Å². The Bertz CT molecular complexity index is 1230. The van der Waals surface area contributed by atoms with Gasteiger partial charge in [-0.05, 0) is 18.2 Å². The van der Waals surface area contributed by atoms with Crippen molar-refractivity contribution in [3.05, 3.63) is 62.4 Å². The first-order valence-corrected chi connectivity index (χ1v) is 8.76. The fraction of sp³-hybridized carbons (Fsp3) is 0.263. The van der Waals surface area contributed by atoms with Crippen LogP contribution in [0.15, 0.2) is 39.9 Å². The van der Waals surface area contributed by atoms with E-state index in [0.717, 1.165) is 4.57 Å². The molecule has 29 heavy (non-hydrogen) atoms. The number of rotatable bonds is 6. The number of aromatic nitrogens is 3. The van der Waals surface area contributed by atoms with Crippen LogP contribution >= 0.6 is 0 Å². The molecule has 0 saturated carbocycles. The van der Waals surface area contributed by atoms with E-state index in [0.29, 0.717) is 5.65 Å². The first-order chi connectivity index (χ1) is 13.8. The lowest BCUT2D eigenvalue weighted by atomic mass is 10.1. The van der Waals surface area contributed by atoms with Gasteiger partial charge in [-0.1, -0.05) is 12.1 Å². The number of para-hydroxylation sites is 1. The smallest absolute Gasteiger partial charge is 0.332 e. The number of aryl methyl sites for hydroxylation is 1. The van der Waals surface area contributed by atoms with Gasteiger partial charge in [0.15, 0.2) is 0 Å². The summed E-state index contributed by atoms with van der Waals surface area (Å²) < 4.78 is 8.94. The molecular formula is C19H21N5O5. The summed E-state index contributed by atoms with van der Waals surface area (Å²) in [6.45, 7) is 0.492. The number of ether oxygens (including phenoxy) is 1. The molecule has 0 aliphatic rings. The van der Waals surface area contributed by atoms with E-state index in [2.05, 4.69) is 5.32 Å². The molecule has 0 saturated heterocycles. The van der Waals surface area contributed by atoms with Crippen molar-refractivity contribution in [3.63, 3.8) is 0 Å². The van der Waals surface area contributed by atoms with Gasteiger partial charge in [0.25, 0.3) is 17.4 Å². The van der Waals surface area contributed by atoms with Gasteiger partial charge in [-0.2, -0.15) is 0 Å². The largest absolute Gasteiger partial charge is 0.383 e. The van der Waals surface area contributed by atoms with E-state index < -0.39 is 23.1 Å². The van der Waals surface area contributed by atoms with Gasteiger partial charge in [0.1, 0.15) is 11.3 Å². The fourth-order valence-electron chi connectivity index (χ4n) is 3.23. The van der Waals surface area contributed by atoms with Crippen molar-refractivity contribution < 1.29 is 14.3 Å². The zero-order valence-electron chi connectivity index (χ0n) is 16.3. The molecule has 0 spiro atoms. The molecule has 0 radical (unpaired) electrons. The molecule has 0 fully saturated rings. The second-order valence-electron chi connectivity index (χ2n) is 6.48. The van der Waals surface area contributed by atoms with Gasteiger partial charge in [0.2, 0.25) is 0 Å². The summed E-state index contributed by atoms with van der Waals surface area (Å²) >= 11 is 0. The number of fused-ring (bicyclic) bond motifs is 1. The molecule has 10 heteroatoms. The maximum Gasteiger partial charge on any atom is 0.332 e. The molecule has 0 atom stereocenters.